The van der Waals surface area contributed by atoms with Gasteiger partial charge >= 0.3 is 5.97 Å². The molecule has 238 valence electrons. The minimum absolute atomic E-state index is 0.0255. The quantitative estimate of drug-likeness (QED) is 0.185. The van der Waals surface area contributed by atoms with Crippen molar-refractivity contribution in [3.63, 3.8) is 0 Å². The van der Waals surface area contributed by atoms with Gasteiger partial charge in [0.25, 0.3) is 0 Å². The Kier molecular flexibility index (Phi) is 7.76. The lowest BCUT2D eigenvalue weighted by Gasteiger charge is -2.72. The van der Waals surface area contributed by atoms with Gasteiger partial charge in [0.2, 0.25) is 0 Å². The summed E-state index contributed by atoms with van der Waals surface area (Å²) in [5.74, 6) is -0.241. The maximum absolute atomic E-state index is 12.9. The molecular weight excluding hydrogens is 532 g/mol. The normalized spacial score (nSPS) is 51.8. The van der Waals surface area contributed by atoms with Crippen molar-refractivity contribution >= 4 is 5.97 Å². The van der Waals surface area contributed by atoms with E-state index in [1.807, 2.05) is 13.8 Å². The van der Waals surface area contributed by atoms with Crippen molar-refractivity contribution in [1.29, 1.82) is 0 Å². The minimum Gasteiger partial charge on any atom is -0.456 e. The van der Waals surface area contributed by atoms with Gasteiger partial charge in [0.05, 0.1) is 30.8 Å². The Morgan fingerprint density at radius 3 is 2.21 bits per heavy atom. The lowest BCUT2D eigenvalue weighted by molar-refractivity contribution is -0.262. The van der Waals surface area contributed by atoms with E-state index in [0.717, 1.165) is 25.7 Å². The molecule has 0 aromatic rings. The smallest absolute Gasteiger partial charge is 0.333 e. The zero-order valence-corrected chi connectivity index (χ0v) is 27.1. The van der Waals surface area contributed by atoms with Crippen LogP contribution in [0.1, 0.15) is 100 Å². The molecule has 0 spiro atoms. The van der Waals surface area contributed by atoms with Crippen molar-refractivity contribution in [2.24, 2.45) is 50.2 Å². The third-order valence-electron chi connectivity index (χ3n) is 14.5. The summed E-state index contributed by atoms with van der Waals surface area (Å²) in [6, 6.07) is 0. The molecule has 7 heteroatoms. The summed E-state index contributed by atoms with van der Waals surface area (Å²) in [6.07, 6.45) is 5.72. The van der Waals surface area contributed by atoms with Crippen molar-refractivity contribution in [1.82, 2.24) is 0 Å². The van der Waals surface area contributed by atoms with Crippen LogP contribution in [0.25, 0.3) is 0 Å². The number of hydrogen-bond donors (Lipinski definition) is 5. The fraction of sp³-hybridized carbons (Fsp3) is 0.857. The van der Waals surface area contributed by atoms with Crippen LogP contribution in [0.5, 0.6) is 0 Å². The van der Waals surface area contributed by atoms with Crippen LogP contribution in [0.3, 0.4) is 0 Å². The Balaban J connectivity index is 1.58. The third-order valence-corrected chi connectivity index (χ3v) is 14.5. The first-order chi connectivity index (χ1) is 19.4. The number of ether oxygens (including phenoxy) is 1. The number of aliphatic hydroxyl groups excluding tert-OH is 5. The van der Waals surface area contributed by atoms with Gasteiger partial charge in [-0.1, -0.05) is 59.3 Å². The van der Waals surface area contributed by atoms with Crippen LogP contribution < -0.4 is 0 Å². The molecule has 0 saturated heterocycles. The second kappa shape index (κ2) is 10.1. The minimum atomic E-state index is -1.23. The molecule has 0 unspecified atom stereocenters. The Bertz CT molecular complexity index is 1160. The lowest BCUT2D eigenvalue weighted by atomic mass is 9.33. The van der Waals surface area contributed by atoms with Crippen molar-refractivity contribution < 1.29 is 35.1 Å². The highest BCUT2D eigenvalue weighted by Gasteiger charge is 2.72. The van der Waals surface area contributed by atoms with E-state index in [1.165, 1.54) is 5.57 Å². The van der Waals surface area contributed by atoms with Crippen molar-refractivity contribution in [2.45, 2.75) is 125 Å². The molecule has 42 heavy (non-hydrogen) atoms. The van der Waals surface area contributed by atoms with E-state index in [4.69, 9.17) is 4.74 Å². The third kappa shape index (κ3) is 3.92. The van der Waals surface area contributed by atoms with E-state index in [1.54, 1.807) is 19.9 Å². The maximum atomic E-state index is 12.9. The molecule has 0 radical (unpaired) electrons. The monoisotopic (exact) mass is 588 g/mol. The molecule has 0 heterocycles. The molecule has 0 aliphatic heterocycles. The first-order valence-electron chi connectivity index (χ1n) is 16.2. The van der Waals surface area contributed by atoms with Crippen LogP contribution in [0.4, 0.5) is 0 Å². The first-order valence-corrected chi connectivity index (χ1v) is 16.2. The molecule has 12 atom stereocenters. The summed E-state index contributed by atoms with van der Waals surface area (Å²) in [4.78, 5) is 12.9. The molecule has 0 amide bonds. The number of hydrogen-bond acceptors (Lipinski definition) is 7. The summed E-state index contributed by atoms with van der Waals surface area (Å²) < 4.78 is 5.93. The molecule has 7 nitrogen and oxygen atoms in total. The second-order valence-electron chi connectivity index (χ2n) is 16.5. The molecule has 4 saturated carbocycles. The molecule has 0 bridgehead atoms. The van der Waals surface area contributed by atoms with Gasteiger partial charge in [-0.2, -0.15) is 0 Å². The average Bonchev–Trinajstić information content (AvgIpc) is 2.93. The maximum Gasteiger partial charge on any atom is 0.333 e. The number of carbonyl (C=O) groups excluding carboxylic acids is 1. The predicted octanol–water partition coefficient (Wildman–Crippen LogP) is 4.54. The number of fused-ring (bicyclic) bond motifs is 7. The molecule has 0 aromatic carbocycles. The Morgan fingerprint density at radius 2 is 1.62 bits per heavy atom. The average molecular weight is 589 g/mol. The van der Waals surface area contributed by atoms with Gasteiger partial charge in [-0.25, -0.2) is 4.79 Å². The number of esters is 1. The Morgan fingerprint density at radius 1 is 0.952 bits per heavy atom. The van der Waals surface area contributed by atoms with Crippen molar-refractivity contribution in [2.75, 3.05) is 13.2 Å². The number of allylic oxidation sites excluding steroid dienone is 3. The number of rotatable bonds is 4. The molecule has 0 aromatic heterocycles. The van der Waals surface area contributed by atoms with E-state index in [9.17, 15) is 30.3 Å². The highest BCUT2D eigenvalue weighted by atomic mass is 16.6. The van der Waals surface area contributed by atoms with Crippen molar-refractivity contribution in [3.05, 3.63) is 23.3 Å². The Hall–Kier alpha value is -1.25. The Labute approximate surface area is 252 Å². The fourth-order valence-electron chi connectivity index (χ4n) is 11.5. The predicted molar refractivity (Wildman–Crippen MR) is 161 cm³/mol. The van der Waals surface area contributed by atoms with Crippen LogP contribution in [0.15, 0.2) is 23.3 Å². The molecule has 5 aliphatic rings. The van der Waals surface area contributed by atoms with Crippen LogP contribution in [-0.2, 0) is 9.53 Å². The second-order valence-corrected chi connectivity index (χ2v) is 16.5. The zero-order valence-electron chi connectivity index (χ0n) is 27.1. The van der Waals surface area contributed by atoms with Crippen molar-refractivity contribution in [3.8, 4) is 0 Å². The number of carbonyl (C=O) groups is 1. The standard InChI is InChI=1S/C35H56O7/c1-9-20(2)29(41)42-28-27(40)35(19-37)22(16-30(28,3)4)21-10-11-24-31(5)14-13-25(38)32(6,18-36)23(31)12-15-33(24,7)34(21,8)17-26(35)39/h9-10,22-28,36-40H,11-19H2,1-8H3/b20-9+/t22-,23+,24-,25-,26+,27-,28-,31-,32+,33+,34+,35+/m0/s1. The van der Waals surface area contributed by atoms with Crippen LogP contribution in [0.2, 0.25) is 0 Å². The van der Waals surface area contributed by atoms with E-state index >= 15 is 0 Å². The molecule has 5 N–H and O–H groups in total. The molecule has 5 aliphatic carbocycles. The van der Waals surface area contributed by atoms with Gasteiger partial charge in [-0.15, -0.1) is 0 Å². The zero-order chi connectivity index (χ0) is 31.3. The summed E-state index contributed by atoms with van der Waals surface area (Å²) in [6.45, 7) is 16.2. The van der Waals surface area contributed by atoms with Crippen LogP contribution >= 0.6 is 0 Å². The van der Waals surface area contributed by atoms with Gasteiger partial charge in [-0.05, 0) is 92.8 Å². The lowest BCUT2D eigenvalue weighted by Crippen LogP contribution is -2.72. The fourth-order valence-corrected chi connectivity index (χ4v) is 11.5. The van der Waals surface area contributed by atoms with Gasteiger partial charge in [0, 0.05) is 16.4 Å². The SMILES string of the molecule is C/C=C(\C)C(=O)O[C@H]1[C@H](O)[C@@]2(CO)[C@H](O)C[C@]3(C)C(=CC[C@H]4[C@@]5(C)CC[C@H](O)[C@](C)(CO)[C@@H]5CC[C@]43C)[C@@H]2CC1(C)C. The highest BCUT2D eigenvalue weighted by molar-refractivity contribution is 5.87. The van der Waals surface area contributed by atoms with E-state index in [2.05, 4.69) is 33.8 Å². The highest BCUT2D eigenvalue weighted by Crippen LogP contribution is 2.75. The van der Waals surface area contributed by atoms with Gasteiger partial charge in [0.1, 0.15) is 12.2 Å². The largest absolute Gasteiger partial charge is 0.456 e. The summed E-state index contributed by atoms with van der Waals surface area (Å²) in [5.41, 5.74) is -1.25. The van der Waals surface area contributed by atoms with E-state index in [0.29, 0.717) is 30.8 Å². The van der Waals surface area contributed by atoms with Crippen LogP contribution in [-0.4, -0.2) is 69.1 Å². The van der Waals surface area contributed by atoms with Gasteiger partial charge in [-0.3, -0.25) is 0 Å². The topological polar surface area (TPSA) is 127 Å². The van der Waals surface area contributed by atoms with E-state index < -0.39 is 53.2 Å². The summed E-state index contributed by atoms with van der Waals surface area (Å²) >= 11 is 0. The van der Waals surface area contributed by atoms with E-state index in [-0.39, 0.29) is 34.7 Å². The first kappa shape index (κ1) is 32.2. The summed E-state index contributed by atoms with van der Waals surface area (Å²) in [7, 11) is 0. The van der Waals surface area contributed by atoms with Gasteiger partial charge < -0.3 is 30.3 Å². The van der Waals surface area contributed by atoms with Gasteiger partial charge in [0.15, 0.2) is 0 Å². The molecule has 5 rings (SSSR count). The number of aliphatic hydroxyl groups is 5. The molecular formula is C35H56O7. The van der Waals surface area contributed by atoms with Crippen LogP contribution in [0, 0.1) is 50.2 Å². The summed E-state index contributed by atoms with van der Waals surface area (Å²) in [5, 5.41) is 56.6. The molecule has 4 fully saturated rings.